The van der Waals surface area contributed by atoms with Gasteiger partial charge in [0.25, 0.3) is 5.91 Å². The van der Waals surface area contributed by atoms with E-state index in [1.54, 1.807) is 50.3 Å². The molecule has 0 saturated carbocycles. The fourth-order valence-corrected chi connectivity index (χ4v) is 7.70. The number of carbonyl (C=O) groups is 4. The minimum absolute atomic E-state index is 0.157. The van der Waals surface area contributed by atoms with Gasteiger partial charge in [-0.1, -0.05) is 78.4 Å². The minimum atomic E-state index is -1.54. The van der Waals surface area contributed by atoms with Crippen molar-refractivity contribution >= 4 is 41.0 Å². The van der Waals surface area contributed by atoms with Crippen molar-refractivity contribution in [3.8, 4) is 0 Å². The number of benzene rings is 2. The van der Waals surface area contributed by atoms with Gasteiger partial charge in [0.15, 0.2) is 0 Å². The molecule has 0 aliphatic carbocycles. The summed E-state index contributed by atoms with van der Waals surface area (Å²) in [4.78, 5) is 59.2. The van der Waals surface area contributed by atoms with Gasteiger partial charge in [0.05, 0.1) is 41.4 Å². The summed E-state index contributed by atoms with van der Waals surface area (Å²) in [6.45, 7) is 5.04. The van der Waals surface area contributed by atoms with Gasteiger partial charge in [0, 0.05) is 13.0 Å². The summed E-state index contributed by atoms with van der Waals surface area (Å²) in [5.41, 5.74) is 0.437. The topological polar surface area (TPSA) is 125 Å². The molecule has 2 fully saturated rings. The van der Waals surface area contributed by atoms with Crippen molar-refractivity contribution in [2.24, 2.45) is 11.8 Å². The summed E-state index contributed by atoms with van der Waals surface area (Å²) in [6, 6.07) is 12.0. The van der Waals surface area contributed by atoms with Gasteiger partial charge < -0.3 is 29.7 Å². The maximum Gasteiger partial charge on any atom is 0.313 e. The Hall–Kier alpha value is -3.99. The van der Waals surface area contributed by atoms with E-state index in [2.05, 4.69) is 5.32 Å². The zero-order valence-corrected chi connectivity index (χ0v) is 26.7. The summed E-state index contributed by atoms with van der Waals surface area (Å²) in [5.74, 6) is -4.01. The van der Waals surface area contributed by atoms with Gasteiger partial charge in [0.2, 0.25) is 11.8 Å². The Morgan fingerprint density at radius 1 is 1.07 bits per heavy atom. The third-order valence-electron chi connectivity index (χ3n) is 9.48. The zero-order chi connectivity index (χ0) is 32.7. The van der Waals surface area contributed by atoms with E-state index in [0.29, 0.717) is 22.7 Å². The Balaban J connectivity index is 1.47. The van der Waals surface area contributed by atoms with Crippen molar-refractivity contribution in [2.75, 3.05) is 18.1 Å². The number of cyclic esters (lactones) is 1. The molecule has 46 heavy (non-hydrogen) atoms. The maximum absolute atomic E-state index is 14.7. The lowest BCUT2D eigenvalue weighted by atomic mass is 9.77. The molecule has 0 unspecified atom stereocenters. The number of likely N-dealkylation sites (tertiary alicyclic amines) is 1. The number of carbonyl (C=O) groups excluding carboxylic acids is 4. The number of hydrogen-bond donors (Lipinski definition) is 2. The first-order valence-corrected chi connectivity index (χ1v) is 16.0. The number of anilines is 1. The number of aliphatic hydroxyl groups excluding tert-OH is 1. The van der Waals surface area contributed by atoms with Crippen LogP contribution in [0.5, 0.6) is 0 Å². The van der Waals surface area contributed by atoms with Crippen LogP contribution in [0.15, 0.2) is 72.8 Å². The highest BCUT2D eigenvalue weighted by Crippen LogP contribution is 2.54. The van der Waals surface area contributed by atoms with Crippen LogP contribution in [0.2, 0.25) is 5.02 Å². The van der Waals surface area contributed by atoms with Crippen molar-refractivity contribution in [3.05, 3.63) is 89.0 Å². The number of ether oxygens (including phenoxy) is 2. The van der Waals surface area contributed by atoms with Gasteiger partial charge in [-0.2, -0.15) is 0 Å². The Bertz CT molecular complexity index is 1580. The SMILES string of the molecule is Cc1cccc(Cl)c1N1CC=C[C@]23O[C@@H]4/C=C\CCC(=O)N[C@H](C)[C@@H](c5ccccc5)OC(=O)[C@@H]4[C@H]2C(=O)N([C@H](C)CO)[C@@H]3C1=O. The molecule has 2 saturated heterocycles. The third kappa shape index (κ3) is 5.32. The zero-order valence-electron chi connectivity index (χ0n) is 26.0. The number of amides is 3. The van der Waals surface area contributed by atoms with Crippen molar-refractivity contribution in [1.82, 2.24) is 10.2 Å². The molecule has 0 radical (unpaired) electrons. The predicted octanol–water partition coefficient (Wildman–Crippen LogP) is 3.65. The number of halogens is 1. The average molecular weight is 648 g/mol. The van der Waals surface area contributed by atoms with Gasteiger partial charge >= 0.3 is 5.97 Å². The first kappa shape index (κ1) is 32.0. The Morgan fingerprint density at radius 2 is 1.83 bits per heavy atom. The quantitative estimate of drug-likeness (QED) is 0.383. The molecule has 3 amide bonds. The van der Waals surface area contributed by atoms with Crippen LogP contribution in [0.3, 0.4) is 0 Å². The van der Waals surface area contributed by atoms with Gasteiger partial charge in [-0.3, -0.25) is 19.2 Å². The van der Waals surface area contributed by atoms with Crippen LogP contribution in [0.25, 0.3) is 0 Å². The molecule has 4 heterocycles. The number of rotatable bonds is 4. The van der Waals surface area contributed by atoms with Crippen LogP contribution in [0.4, 0.5) is 5.69 Å². The normalized spacial score (nSPS) is 32.7. The highest BCUT2D eigenvalue weighted by Gasteiger charge is 2.72. The number of fused-ring (bicyclic) bond motifs is 2. The van der Waals surface area contributed by atoms with E-state index in [4.69, 9.17) is 21.1 Å². The standard InChI is InChI=1S/C35H38ClN3O7/c1-20-11-9-14-24(36)29(20)38-18-10-17-35-28(32(42)39(21(2)19-40)31(35)33(38)43)27-25(46-35)15-7-8-16-26(41)37-22(3)30(45-34(27)44)23-12-5-4-6-13-23/h4-7,9-15,17,21-22,25,27-28,30-31,40H,8,16,18-19H2,1-3H3,(H,37,41)/b15-7-/t21-,22-,25-,27+,28+,30+,31-,35+/m1/s1. The summed E-state index contributed by atoms with van der Waals surface area (Å²) in [6.07, 6.45) is 5.77. The fraction of sp³-hybridized carbons (Fsp3) is 0.429. The molecular weight excluding hydrogens is 610 g/mol. The molecule has 242 valence electrons. The van der Waals surface area contributed by atoms with E-state index >= 15 is 0 Å². The summed E-state index contributed by atoms with van der Waals surface area (Å²) >= 11 is 6.62. The van der Waals surface area contributed by atoms with Crippen LogP contribution < -0.4 is 10.2 Å². The molecule has 1 spiro atoms. The second kappa shape index (κ2) is 12.7. The molecule has 2 N–H and O–H groups in total. The molecule has 6 rings (SSSR count). The van der Waals surface area contributed by atoms with Crippen molar-refractivity contribution in [1.29, 1.82) is 0 Å². The Labute approximate surface area is 273 Å². The molecule has 4 aliphatic rings. The van der Waals surface area contributed by atoms with Gasteiger partial charge in [-0.25, -0.2) is 0 Å². The fourth-order valence-electron chi connectivity index (χ4n) is 7.37. The van der Waals surface area contributed by atoms with E-state index < -0.39 is 72.2 Å². The number of para-hydroxylation sites is 1. The van der Waals surface area contributed by atoms with Crippen LogP contribution in [-0.4, -0.2) is 76.7 Å². The van der Waals surface area contributed by atoms with Crippen LogP contribution in [0, 0.1) is 18.8 Å². The number of aryl methyl sites for hydroxylation is 1. The van der Waals surface area contributed by atoms with Crippen LogP contribution in [-0.2, 0) is 28.7 Å². The van der Waals surface area contributed by atoms with E-state index in [1.807, 2.05) is 43.3 Å². The second-order valence-corrected chi connectivity index (χ2v) is 12.9. The lowest BCUT2D eigenvalue weighted by Crippen LogP contribution is -2.57. The molecule has 8 atom stereocenters. The molecule has 10 nitrogen and oxygen atoms in total. The Morgan fingerprint density at radius 3 is 2.54 bits per heavy atom. The molecule has 11 heteroatoms. The molecular formula is C35H38ClN3O7. The molecule has 2 aromatic carbocycles. The summed E-state index contributed by atoms with van der Waals surface area (Å²) < 4.78 is 12.9. The highest BCUT2D eigenvalue weighted by molar-refractivity contribution is 6.34. The van der Waals surface area contributed by atoms with E-state index in [0.717, 1.165) is 5.56 Å². The lowest BCUT2D eigenvalue weighted by Gasteiger charge is -2.38. The van der Waals surface area contributed by atoms with E-state index in [-0.39, 0.29) is 18.9 Å². The number of nitrogens with zero attached hydrogens (tertiary/aromatic N) is 2. The van der Waals surface area contributed by atoms with E-state index in [9.17, 15) is 24.3 Å². The number of nitrogens with one attached hydrogen (secondary N) is 1. The van der Waals surface area contributed by atoms with Crippen LogP contribution >= 0.6 is 11.6 Å². The van der Waals surface area contributed by atoms with E-state index in [1.165, 1.54) is 9.80 Å². The lowest BCUT2D eigenvalue weighted by molar-refractivity contribution is -0.161. The Kier molecular flexibility index (Phi) is 8.80. The first-order chi connectivity index (χ1) is 22.1. The third-order valence-corrected chi connectivity index (χ3v) is 9.78. The number of allylic oxidation sites excluding steroid dienone is 1. The number of esters is 1. The highest BCUT2D eigenvalue weighted by atomic mass is 35.5. The number of hydrogen-bond acceptors (Lipinski definition) is 7. The minimum Gasteiger partial charge on any atom is -0.455 e. The molecule has 0 aromatic heterocycles. The molecule has 2 aromatic rings. The van der Waals surface area contributed by atoms with Crippen molar-refractivity contribution in [3.63, 3.8) is 0 Å². The number of aliphatic hydroxyl groups is 1. The average Bonchev–Trinajstić information content (AvgIpc) is 3.43. The van der Waals surface area contributed by atoms with Gasteiger partial charge in [-0.15, -0.1) is 0 Å². The molecule has 0 bridgehead atoms. The maximum atomic E-state index is 14.7. The summed E-state index contributed by atoms with van der Waals surface area (Å²) in [7, 11) is 0. The predicted molar refractivity (Wildman–Crippen MR) is 171 cm³/mol. The second-order valence-electron chi connectivity index (χ2n) is 12.5. The van der Waals surface area contributed by atoms with Gasteiger partial charge in [-0.05, 0) is 44.4 Å². The van der Waals surface area contributed by atoms with Gasteiger partial charge in [0.1, 0.15) is 23.7 Å². The summed E-state index contributed by atoms with van der Waals surface area (Å²) in [5, 5.41) is 13.6. The smallest absolute Gasteiger partial charge is 0.313 e. The van der Waals surface area contributed by atoms with Crippen molar-refractivity contribution in [2.45, 2.75) is 69.5 Å². The van der Waals surface area contributed by atoms with Crippen molar-refractivity contribution < 1.29 is 33.8 Å². The van der Waals surface area contributed by atoms with Crippen LogP contribution in [0.1, 0.15) is 43.9 Å². The molecule has 4 aliphatic heterocycles. The first-order valence-electron chi connectivity index (χ1n) is 15.7. The largest absolute Gasteiger partial charge is 0.455 e. The monoisotopic (exact) mass is 647 g/mol.